The molecule has 2 atom stereocenters. The molecule has 1 N–H and O–H groups in total. The Bertz CT molecular complexity index is 795. The van der Waals surface area contributed by atoms with E-state index >= 15 is 0 Å². The zero-order valence-electron chi connectivity index (χ0n) is 14.0. The maximum atomic E-state index is 12.5. The van der Waals surface area contributed by atoms with Crippen molar-refractivity contribution in [3.63, 3.8) is 0 Å². The van der Waals surface area contributed by atoms with E-state index in [1.54, 1.807) is 30.1 Å². The van der Waals surface area contributed by atoms with Gasteiger partial charge in [-0.05, 0) is 36.8 Å². The summed E-state index contributed by atoms with van der Waals surface area (Å²) in [4.78, 5) is 26.5. The Labute approximate surface area is 151 Å². The molecule has 2 amide bonds. The third kappa shape index (κ3) is 3.77. The van der Waals surface area contributed by atoms with E-state index in [1.165, 1.54) is 7.11 Å². The summed E-state index contributed by atoms with van der Waals surface area (Å²) in [5.41, 5.74) is 1.41. The van der Waals surface area contributed by atoms with Gasteiger partial charge in [0.05, 0.1) is 24.0 Å². The van der Waals surface area contributed by atoms with Crippen molar-refractivity contribution in [2.24, 2.45) is 11.8 Å². The van der Waals surface area contributed by atoms with Crippen LogP contribution in [0, 0.1) is 11.8 Å². The van der Waals surface area contributed by atoms with Crippen LogP contribution in [0.15, 0.2) is 48.5 Å². The van der Waals surface area contributed by atoms with E-state index in [-0.39, 0.29) is 23.7 Å². The first-order valence-corrected chi connectivity index (χ1v) is 8.36. The highest BCUT2D eigenvalue weighted by Gasteiger charge is 2.49. The smallest absolute Gasteiger partial charge is 0.230 e. The topological polar surface area (TPSA) is 58.6 Å². The Morgan fingerprint density at radius 1 is 1.16 bits per heavy atom. The average molecular weight is 359 g/mol. The van der Waals surface area contributed by atoms with Crippen molar-refractivity contribution in [1.29, 1.82) is 0 Å². The standard InChI is InChI=1S/C19H19ClN2O3/c1-22(13-6-4-3-5-7-13)19(24)15-11-14(15)18(23)21-12-8-9-17(25-2)16(20)10-12/h3-10,14-15H,11H2,1-2H3,(H,21,23). The first kappa shape index (κ1) is 17.3. The number of hydrogen-bond donors (Lipinski definition) is 1. The maximum Gasteiger partial charge on any atom is 0.230 e. The highest BCUT2D eigenvalue weighted by Crippen LogP contribution is 2.41. The second kappa shape index (κ2) is 7.15. The summed E-state index contributed by atoms with van der Waals surface area (Å²) in [6.07, 6.45) is 0.561. The molecule has 0 radical (unpaired) electrons. The largest absolute Gasteiger partial charge is 0.495 e. The molecule has 1 aliphatic carbocycles. The van der Waals surface area contributed by atoms with E-state index in [0.717, 1.165) is 5.69 Å². The van der Waals surface area contributed by atoms with Gasteiger partial charge in [-0.2, -0.15) is 0 Å². The number of halogens is 1. The molecule has 25 heavy (non-hydrogen) atoms. The maximum absolute atomic E-state index is 12.5. The molecule has 6 heteroatoms. The fourth-order valence-electron chi connectivity index (χ4n) is 2.76. The molecular weight excluding hydrogens is 340 g/mol. The normalized spacial score (nSPS) is 18.4. The monoisotopic (exact) mass is 358 g/mol. The minimum Gasteiger partial charge on any atom is -0.495 e. The Morgan fingerprint density at radius 2 is 1.88 bits per heavy atom. The van der Waals surface area contributed by atoms with E-state index < -0.39 is 0 Å². The minimum absolute atomic E-state index is 0.0425. The van der Waals surface area contributed by atoms with Crippen LogP contribution in [-0.4, -0.2) is 26.0 Å². The minimum atomic E-state index is -0.306. The van der Waals surface area contributed by atoms with Gasteiger partial charge in [-0.15, -0.1) is 0 Å². The van der Waals surface area contributed by atoms with Gasteiger partial charge in [0, 0.05) is 18.4 Å². The fraction of sp³-hybridized carbons (Fsp3) is 0.263. The molecule has 0 saturated heterocycles. The Balaban J connectivity index is 1.60. The molecule has 1 aliphatic rings. The highest BCUT2D eigenvalue weighted by atomic mass is 35.5. The van der Waals surface area contributed by atoms with Crippen molar-refractivity contribution < 1.29 is 14.3 Å². The van der Waals surface area contributed by atoms with Crippen molar-refractivity contribution in [3.8, 4) is 5.75 Å². The van der Waals surface area contributed by atoms with E-state index in [2.05, 4.69) is 5.32 Å². The molecule has 2 unspecified atom stereocenters. The number of benzene rings is 2. The molecule has 0 bridgehead atoms. The summed E-state index contributed by atoms with van der Waals surface area (Å²) in [6.45, 7) is 0. The van der Waals surface area contributed by atoms with Crippen LogP contribution in [0.25, 0.3) is 0 Å². The van der Waals surface area contributed by atoms with E-state index in [4.69, 9.17) is 16.3 Å². The molecule has 0 spiro atoms. The van der Waals surface area contributed by atoms with Gasteiger partial charge >= 0.3 is 0 Å². The zero-order valence-corrected chi connectivity index (χ0v) is 14.8. The summed E-state index contributed by atoms with van der Waals surface area (Å²) >= 11 is 6.06. The van der Waals surface area contributed by atoms with Crippen LogP contribution in [0.3, 0.4) is 0 Å². The third-order valence-corrected chi connectivity index (χ3v) is 4.63. The average Bonchev–Trinajstić information content (AvgIpc) is 3.42. The summed E-state index contributed by atoms with van der Waals surface area (Å²) in [5.74, 6) is -0.248. The zero-order chi connectivity index (χ0) is 18.0. The predicted molar refractivity (Wildman–Crippen MR) is 98.1 cm³/mol. The Morgan fingerprint density at radius 3 is 2.52 bits per heavy atom. The van der Waals surface area contributed by atoms with Gasteiger partial charge < -0.3 is 15.0 Å². The van der Waals surface area contributed by atoms with Crippen molar-refractivity contribution in [3.05, 3.63) is 53.6 Å². The number of methoxy groups -OCH3 is 1. The number of hydrogen-bond acceptors (Lipinski definition) is 3. The van der Waals surface area contributed by atoms with Gasteiger partial charge in [-0.25, -0.2) is 0 Å². The van der Waals surface area contributed by atoms with Crippen LogP contribution in [0.2, 0.25) is 5.02 Å². The molecule has 2 aromatic rings. The van der Waals surface area contributed by atoms with Crippen molar-refractivity contribution in [2.45, 2.75) is 6.42 Å². The Kier molecular flexibility index (Phi) is 4.95. The lowest BCUT2D eigenvalue weighted by Gasteiger charge is -2.17. The van der Waals surface area contributed by atoms with Gasteiger partial charge in [0.15, 0.2) is 0 Å². The van der Waals surface area contributed by atoms with Crippen LogP contribution in [0.1, 0.15) is 6.42 Å². The number of ether oxygens (including phenoxy) is 1. The van der Waals surface area contributed by atoms with Crippen LogP contribution < -0.4 is 15.0 Å². The molecule has 130 valence electrons. The van der Waals surface area contributed by atoms with Gasteiger partial charge in [0.1, 0.15) is 5.75 Å². The lowest BCUT2D eigenvalue weighted by atomic mass is 10.2. The molecule has 0 aromatic heterocycles. The third-order valence-electron chi connectivity index (χ3n) is 4.34. The van der Waals surface area contributed by atoms with Crippen molar-refractivity contribution in [2.75, 3.05) is 24.4 Å². The number of amides is 2. The molecule has 0 heterocycles. The molecular formula is C19H19ClN2O3. The van der Waals surface area contributed by atoms with Crippen LogP contribution in [0.4, 0.5) is 11.4 Å². The van der Waals surface area contributed by atoms with E-state index in [0.29, 0.717) is 22.9 Å². The number of anilines is 2. The molecule has 2 aromatic carbocycles. The van der Waals surface area contributed by atoms with Crippen LogP contribution in [-0.2, 0) is 9.59 Å². The summed E-state index contributed by atoms with van der Waals surface area (Å²) in [6, 6.07) is 14.4. The van der Waals surface area contributed by atoms with Crippen molar-refractivity contribution >= 4 is 34.8 Å². The number of nitrogens with zero attached hydrogens (tertiary/aromatic N) is 1. The first-order chi connectivity index (χ1) is 12.0. The summed E-state index contributed by atoms with van der Waals surface area (Å²) < 4.78 is 5.09. The van der Waals surface area contributed by atoms with Crippen LogP contribution >= 0.6 is 11.6 Å². The van der Waals surface area contributed by atoms with Gasteiger partial charge in [-0.1, -0.05) is 29.8 Å². The Hall–Kier alpha value is -2.53. The number of carbonyl (C=O) groups is 2. The van der Waals surface area contributed by atoms with Gasteiger partial charge in [0.2, 0.25) is 11.8 Å². The number of carbonyl (C=O) groups excluding carboxylic acids is 2. The van der Waals surface area contributed by atoms with Crippen LogP contribution in [0.5, 0.6) is 5.75 Å². The summed E-state index contributed by atoms with van der Waals surface area (Å²) in [7, 11) is 3.26. The lowest BCUT2D eigenvalue weighted by molar-refractivity contribution is -0.123. The van der Waals surface area contributed by atoms with Crippen molar-refractivity contribution in [1.82, 2.24) is 0 Å². The number of rotatable bonds is 5. The van der Waals surface area contributed by atoms with E-state index in [1.807, 2.05) is 30.3 Å². The fourth-order valence-corrected chi connectivity index (χ4v) is 3.02. The quantitative estimate of drug-likeness (QED) is 0.888. The predicted octanol–water partition coefficient (Wildman–Crippen LogP) is 3.59. The molecule has 1 fully saturated rings. The second-order valence-electron chi connectivity index (χ2n) is 6.02. The molecule has 0 aliphatic heterocycles. The van der Waals surface area contributed by atoms with E-state index in [9.17, 15) is 9.59 Å². The lowest BCUT2D eigenvalue weighted by Crippen LogP contribution is -2.29. The highest BCUT2D eigenvalue weighted by molar-refractivity contribution is 6.32. The molecule has 1 saturated carbocycles. The van der Waals surface area contributed by atoms with Gasteiger partial charge in [-0.3, -0.25) is 9.59 Å². The van der Waals surface area contributed by atoms with Gasteiger partial charge in [0.25, 0.3) is 0 Å². The number of nitrogens with one attached hydrogen (secondary N) is 1. The summed E-state index contributed by atoms with van der Waals surface area (Å²) in [5, 5.41) is 3.23. The molecule has 5 nitrogen and oxygen atoms in total. The SMILES string of the molecule is COc1ccc(NC(=O)C2CC2C(=O)N(C)c2ccccc2)cc1Cl. The molecule has 3 rings (SSSR count). The first-order valence-electron chi connectivity index (χ1n) is 7.98. The number of para-hydroxylation sites is 1. The second-order valence-corrected chi connectivity index (χ2v) is 6.43.